The monoisotopic (exact) mass is 465 g/mol. The summed E-state index contributed by atoms with van der Waals surface area (Å²) in [6.45, 7) is 14.5. The van der Waals surface area contributed by atoms with Crippen LogP contribution >= 0.6 is 0 Å². The smallest absolute Gasteiger partial charge is 0.442 e. The summed E-state index contributed by atoms with van der Waals surface area (Å²) >= 11 is 0. The number of nitrogens with one attached hydrogen (secondary N) is 1. The zero-order valence-corrected chi connectivity index (χ0v) is 20.4. The van der Waals surface area contributed by atoms with E-state index in [1.165, 1.54) is 17.0 Å². The van der Waals surface area contributed by atoms with Gasteiger partial charge in [-0.25, -0.2) is 14.0 Å². The summed E-state index contributed by atoms with van der Waals surface area (Å²) in [7, 11) is -0.667. The molecule has 1 aromatic carbocycles. The third-order valence-electron chi connectivity index (χ3n) is 5.95. The molecule has 0 aliphatic carbocycles. The third-order valence-corrected chi connectivity index (χ3v) is 5.95. The van der Waals surface area contributed by atoms with Crippen molar-refractivity contribution in [3.63, 3.8) is 0 Å². The molecule has 1 aromatic rings. The number of piperazine rings is 1. The number of rotatable bonds is 2. The maximum absolute atomic E-state index is 14.4. The van der Waals surface area contributed by atoms with Crippen LogP contribution in [0.5, 0.6) is 0 Å². The second-order valence-corrected chi connectivity index (χ2v) is 10.3. The van der Waals surface area contributed by atoms with Gasteiger partial charge in [-0.2, -0.15) is 0 Å². The molecule has 1 N–H and O–H groups in total. The molecule has 33 heavy (non-hydrogen) atoms. The highest BCUT2D eigenvalue weighted by molar-refractivity contribution is 6.62. The van der Waals surface area contributed by atoms with Gasteiger partial charge in [0.1, 0.15) is 11.4 Å². The Morgan fingerprint density at radius 1 is 1.03 bits per heavy atom. The first-order valence-electron chi connectivity index (χ1n) is 11.0. The van der Waals surface area contributed by atoms with Gasteiger partial charge >= 0.3 is 19.3 Å². The van der Waals surface area contributed by atoms with Gasteiger partial charge in [0.25, 0.3) is 0 Å². The van der Waals surface area contributed by atoms with E-state index in [0.717, 1.165) is 0 Å². The minimum Gasteiger partial charge on any atom is -0.442 e. The lowest BCUT2D eigenvalue weighted by Crippen LogP contribution is -2.50. The fourth-order valence-electron chi connectivity index (χ4n) is 3.49. The molecule has 0 atom stereocenters. The Balaban J connectivity index is 1.58. The van der Waals surface area contributed by atoms with E-state index < -0.39 is 36.1 Å². The summed E-state index contributed by atoms with van der Waals surface area (Å²) in [4.78, 5) is 32.1. The minimum absolute atomic E-state index is 0.344. The van der Waals surface area contributed by atoms with Crippen LogP contribution in [-0.4, -0.2) is 67.2 Å². The molecule has 2 amide bonds. The van der Waals surface area contributed by atoms with Crippen LogP contribution in [0.4, 0.5) is 19.7 Å². The van der Waals surface area contributed by atoms with E-state index in [9.17, 15) is 14.0 Å². The molecule has 0 aromatic heterocycles. The van der Waals surface area contributed by atoms with Crippen LogP contribution in [0, 0.1) is 5.82 Å². The number of anilines is 1. The van der Waals surface area contributed by atoms with Gasteiger partial charge in [-0.1, -0.05) is 0 Å². The Bertz CT molecular complexity index is 881. The van der Waals surface area contributed by atoms with E-state index in [0.29, 0.717) is 37.3 Å². The summed E-state index contributed by atoms with van der Waals surface area (Å²) in [5, 5.41) is 0. The van der Waals surface area contributed by atoms with Crippen molar-refractivity contribution in [1.82, 2.24) is 10.4 Å². The van der Waals surface area contributed by atoms with Crippen molar-refractivity contribution < 1.29 is 32.9 Å². The molecule has 2 aliphatic rings. The Hall–Kier alpha value is -2.53. The number of hydrogen-bond donors (Lipinski definition) is 1. The number of benzene rings is 1. The summed E-state index contributed by atoms with van der Waals surface area (Å²) in [5.74, 6) is -0.388. The number of carbonyl (C=O) groups is 2. The second kappa shape index (κ2) is 9.02. The maximum Gasteiger partial charge on any atom is 0.495 e. The van der Waals surface area contributed by atoms with Crippen LogP contribution in [-0.2, 0) is 18.9 Å². The first-order chi connectivity index (χ1) is 15.2. The Morgan fingerprint density at radius 3 is 2.15 bits per heavy atom. The van der Waals surface area contributed by atoms with E-state index in [-0.39, 0.29) is 5.82 Å². The number of nitrogens with zero attached hydrogens (tertiary/aromatic N) is 2. The van der Waals surface area contributed by atoms with Crippen LogP contribution < -0.4 is 15.8 Å². The molecule has 0 saturated carbocycles. The molecule has 0 bridgehead atoms. The molecule has 0 unspecified atom stereocenters. The van der Waals surface area contributed by atoms with E-state index in [4.69, 9.17) is 18.9 Å². The Labute approximate surface area is 194 Å². The van der Waals surface area contributed by atoms with Gasteiger partial charge in [0.05, 0.1) is 11.2 Å². The molecule has 3 rings (SSSR count). The van der Waals surface area contributed by atoms with E-state index >= 15 is 0 Å². The molecule has 182 valence electrons. The van der Waals surface area contributed by atoms with Gasteiger partial charge in [-0.3, -0.25) is 0 Å². The Kier molecular flexibility index (Phi) is 6.86. The van der Waals surface area contributed by atoms with Gasteiger partial charge in [0.15, 0.2) is 0 Å². The normalized spacial score (nSPS) is 19.9. The van der Waals surface area contributed by atoms with Gasteiger partial charge in [0, 0.05) is 31.9 Å². The quantitative estimate of drug-likeness (QED) is 0.531. The van der Waals surface area contributed by atoms with Crippen molar-refractivity contribution in [1.29, 1.82) is 0 Å². The summed E-state index contributed by atoms with van der Waals surface area (Å²) in [5.41, 5.74) is 1.53. The van der Waals surface area contributed by atoms with E-state index in [1.807, 2.05) is 44.1 Å². The van der Waals surface area contributed by atoms with E-state index in [1.54, 1.807) is 20.8 Å². The fraction of sp³-hybridized carbons (Fsp3) is 0.636. The first kappa shape index (κ1) is 25.1. The molecule has 2 heterocycles. The Morgan fingerprint density at radius 2 is 1.61 bits per heavy atom. The molecule has 11 heteroatoms. The van der Waals surface area contributed by atoms with E-state index in [2.05, 4.69) is 0 Å². The number of amides is 2. The molecule has 0 radical (unpaired) electrons. The summed E-state index contributed by atoms with van der Waals surface area (Å²) in [6, 6.07) is 4.72. The number of hydrogen-bond acceptors (Lipinski definition) is 7. The SMILES string of the molecule is CC(C)(C)OC(=O)NOC(=O)N1CCN(c2cc(F)cc(B3OC(C)(C)C(C)(C)O3)c2)CC1. The van der Waals surface area contributed by atoms with Crippen molar-refractivity contribution in [2.75, 3.05) is 31.1 Å². The van der Waals surface area contributed by atoms with Crippen molar-refractivity contribution in [2.45, 2.75) is 65.3 Å². The van der Waals surface area contributed by atoms with Gasteiger partial charge in [0.2, 0.25) is 0 Å². The zero-order chi connectivity index (χ0) is 24.6. The van der Waals surface area contributed by atoms with Crippen LogP contribution in [0.25, 0.3) is 0 Å². The van der Waals surface area contributed by atoms with Gasteiger partial charge in [-0.05, 0) is 72.1 Å². The number of carbonyl (C=O) groups excluding carboxylic acids is 2. The maximum atomic E-state index is 14.4. The molecule has 2 saturated heterocycles. The largest absolute Gasteiger partial charge is 0.495 e. The second-order valence-electron chi connectivity index (χ2n) is 10.3. The average molecular weight is 465 g/mol. The fourth-order valence-corrected chi connectivity index (χ4v) is 3.49. The van der Waals surface area contributed by atoms with Crippen molar-refractivity contribution in [3.05, 3.63) is 24.0 Å². The summed E-state index contributed by atoms with van der Waals surface area (Å²) < 4.78 is 31.6. The van der Waals surface area contributed by atoms with Gasteiger partial charge < -0.3 is 28.7 Å². The van der Waals surface area contributed by atoms with Crippen LogP contribution in [0.3, 0.4) is 0 Å². The standard InChI is InChI=1S/C22H33BFN3O6/c1-20(2,3)30-18(28)25-31-19(29)27-10-8-26(9-11-27)17-13-15(12-16(24)14-17)23-32-21(4,5)22(6,7)33-23/h12-14H,8-11H2,1-7H3,(H,25,28). The number of hydroxylamine groups is 1. The number of ether oxygens (including phenoxy) is 1. The highest BCUT2D eigenvalue weighted by atomic mass is 19.1. The average Bonchev–Trinajstić information content (AvgIpc) is 2.92. The first-order valence-corrected chi connectivity index (χ1v) is 11.0. The molecular formula is C22H33BFN3O6. The number of halogens is 1. The van der Waals surface area contributed by atoms with Crippen molar-refractivity contribution >= 4 is 30.5 Å². The van der Waals surface area contributed by atoms with Crippen molar-refractivity contribution in [2.24, 2.45) is 0 Å². The predicted molar refractivity (Wildman–Crippen MR) is 122 cm³/mol. The lowest BCUT2D eigenvalue weighted by atomic mass is 9.78. The topological polar surface area (TPSA) is 89.6 Å². The lowest BCUT2D eigenvalue weighted by molar-refractivity contribution is 0.00551. The molecule has 2 aliphatic heterocycles. The van der Waals surface area contributed by atoms with Crippen molar-refractivity contribution in [3.8, 4) is 0 Å². The van der Waals surface area contributed by atoms with Crippen LogP contribution in [0.15, 0.2) is 18.2 Å². The van der Waals surface area contributed by atoms with Gasteiger partial charge in [-0.15, -0.1) is 5.48 Å². The van der Waals surface area contributed by atoms with Crippen LogP contribution in [0.2, 0.25) is 0 Å². The third kappa shape index (κ3) is 6.08. The molecule has 0 spiro atoms. The summed E-state index contributed by atoms with van der Waals surface area (Å²) in [6.07, 6.45) is -1.53. The minimum atomic E-state index is -0.843. The zero-order valence-electron chi connectivity index (χ0n) is 20.4. The lowest BCUT2D eigenvalue weighted by Gasteiger charge is -2.35. The molecule has 9 nitrogen and oxygen atoms in total. The molecular weight excluding hydrogens is 432 g/mol. The predicted octanol–water partition coefficient (Wildman–Crippen LogP) is 2.82. The highest BCUT2D eigenvalue weighted by Crippen LogP contribution is 2.36. The molecule has 2 fully saturated rings. The highest BCUT2D eigenvalue weighted by Gasteiger charge is 2.51. The van der Waals surface area contributed by atoms with Crippen LogP contribution in [0.1, 0.15) is 48.5 Å².